The summed E-state index contributed by atoms with van der Waals surface area (Å²) in [6.45, 7) is 0. The zero-order valence-electron chi connectivity index (χ0n) is 12.3. The molecule has 0 fully saturated rings. The van der Waals surface area contributed by atoms with Gasteiger partial charge in [-0.1, -0.05) is 42.5 Å². The minimum absolute atomic E-state index is 0.0342. The minimum Gasteiger partial charge on any atom is -0.480 e. The molecule has 0 amide bonds. The number of para-hydroxylation sites is 1. The van der Waals surface area contributed by atoms with Gasteiger partial charge in [-0.15, -0.1) is 0 Å². The first-order valence-corrected chi connectivity index (χ1v) is 8.36. The smallest absolute Gasteiger partial charge is 0.196 e. The van der Waals surface area contributed by atoms with Crippen LogP contribution in [0, 0.1) is 0 Å². The molecule has 4 rings (SSSR count). The number of ether oxygens (including phenoxy) is 1. The molecule has 0 spiro atoms. The van der Waals surface area contributed by atoms with Crippen molar-refractivity contribution in [3.63, 3.8) is 0 Å². The van der Waals surface area contributed by atoms with Gasteiger partial charge in [0.25, 0.3) is 0 Å². The highest BCUT2D eigenvalue weighted by atomic mass is 32.1. The standard InChI is InChI=1S/C20H14O2S/c21-19-16-8-4-5-9-18(16)22-20(15-6-2-1-3-7-15)17(19)12-14-10-11-23-13-14/h1-13,20H/b17-12+/t20-/m1/s1. The number of carbonyl (C=O) groups is 1. The van der Waals surface area contributed by atoms with E-state index in [-0.39, 0.29) is 11.9 Å². The zero-order valence-corrected chi connectivity index (χ0v) is 13.1. The highest BCUT2D eigenvalue weighted by Gasteiger charge is 2.32. The second-order valence-electron chi connectivity index (χ2n) is 5.39. The van der Waals surface area contributed by atoms with E-state index in [9.17, 15) is 4.79 Å². The third-order valence-electron chi connectivity index (χ3n) is 3.89. The molecule has 0 radical (unpaired) electrons. The van der Waals surface area contributed by atoms with Crippen LogP contribution in [0.1, 0.15) is 27.6 Å². The van der Waals surface area contributed by atoms with Crippen LogP contribution in [0.3, 0.4) is 0 Å². The summed E-state index contributed by atoms with van der Waals surface area (Å²) in [5, 5.41) is 4.04. The van der Waals surface area contributed by atoms with E-state index < -0.39 is 0 Å². The molecule has 0 saturated carbocycles. The summed E-state index contributed by atoms with van der Waals surface area (Å²) < 4.78 is 6.16. The predicted octanol–water partition coefficient (Wildman–Crippen LogP) is 5.15. The van der Waals surface area contributed by atoms with Gasteiger partial charge in [-0.25, -0.2) is 0 Å². The predicted molar refractivity (Wildman–Crippen MR) is 92.9 cm³/mol. The Morgan fingerprint density at radius 1 is 0.957 bits per heavy atom. The fourth-order valence-corrected chi connectivity index (χ4v) is 3.39. The number of thiophene rings is 1. The highest BCUT2D eigenvalue weighted by Crippen LogP contribution is 2.39. The van der Waals surface area contributed by atoms with E-state index in [1.165, 1.54) is 0 Å². The summed E-state index contributed by atoms with van der Waals surface area (Å²) in [5.41, 5.74) is 3.31. The van der Waals surface area contributed by atoms with Crippen LogP contribution >= 0.6 is 11.3 Å². The van der Waals surface area contributed by atoms with Crippen molar-refractivity contribution in [2.45, 2.75) is 6.10 Å². The maximum Gasteiger partial charge on any atom is 0.196 e. The molecule has 1 atom stereocenters. The largest absolute Gasteiger partial charge is 0.480 e. The fraction of sp³-hybridized carbons (Fsp3) is 0.0500. The van der Waals surface area contributed by atoms with E-state index in [0.29, 0.717) is 16.9 Å². The molecule has 23 heavy (non-hydrogen) atoms. The van der Waals surface area contributed by atoms with Crippen molar-refractivity contribution < 1.29 is 9.53 Å². The van der Waals surface area contributed by atoms with Crippen LogP contribution in [-0.4, -0.2) is 5.78 Å². The molecule has 0 saturated heterocycles. The van der Waals surface area contributed by atoms with Crippen molar-refractivity contribution in [1.29, 1.82) is 0 Å². The van der Waals surface area contributed by atoms with E-state index in [1.807, 2.05) is 77.5 Å². The highest BCUT2D eigenvalue weighted by molar-refractivity contribution is 7.08. The Balaban J connectivity index is 1.87. The van der Waals surface area contributed by atoms with Crippen molar-refractivity contribution in [3.8, 4) is 5.75 Å². The molecule has 2 aromatic carbocycles. The Hall–Kier alpha value is -2.65. The molecule has 0 aliphatic carbocycles. The Morgan fingerprint density at radius 2 is 1.74 bits per heavy atom. The maximum atomic E-state index is 13.0. The molecule has 2 heterocycles. The first-order valence-electron chi connectivity index (χ1n) is 7.42. The average molecular weight is 318 g/mol. The normalized spacial score (nSPS) is 18.5. The summed E-state index contributed by atoms with van der Waals surface area (Å²) in [6, 6.07) is 19.3. The first-order chi connectivity index (χ1) is 11.3. The van der Waals surface area contributed by atoms with Crippen LogP contribution in [0.2, 0.25) is 0 Å². The maximum absolute atomic E-state index is 13.0. The lowest BCUT2D eigenvalue weighted by atomic mass is 9.90. The Bertz CT molecular complexity index is 864. The van der Waals surface area contributed by atoms with Gasteiger partial charge in [0.05, 0.1) is 5.56 Å². The Labute approximate surface area is 138 Å². The number of hydrogen-bond acceptors (Lipinski definition) is 3. The fourth-order valence-electron chi connectivity index (χ4n) is 2.78. The van der Waals surface area contributed by atoms with E-state index in [0.717, 1.165) is 11.1 Å². The molecule has 3 aromatic rings. The SMILES string of the molecule is O=C1/C(=C\c2ccsc2)[C@@H](c2ccccc2)Oc2ccccc21. The molecule has 2 nitrogen and oxygen atoms in total. The lowest BCUT2D eigenvalue weighted by Gasteiger charge is -2.28. The van der Waals surface area contributed by atoms with Gasteiger partial charge in [-0.2, -0.15) is 11.3 Å². The molecule has 112 valence electrons. The van der Waals surface area contributed by atoms with Gasteiger partial charge in [0.1, 0.15) is 5.75 Å². The van der Waals surface area contributed by atoms with Crippen LogP contribution in [0.15, 0.2) is 77.0 Å². The minimum atomic E-state index is -0.376. The van der Waals surface area contributed by atoms with Crippen LogP contribution in [0.25, 0.3) is 6.08 Å². The third-order valence-corrected chi connectivity index (χ3v) is 4.59. The zero-order chi connectivity index (χ0) is 15.6. The lowest BCUT2D eigenvalue weighted by Crippen LogP contribution is -2.23. The summed E-state index contributed by atoms with van der Waals surface area (Å²) in [4.78, 5) is 13.0. The molecular formula is C20H14O2S. The second-order valence-corrected chi connectivity index (χ2v) is 6.17. The molecular weight excluding hydrogens is 304 g/mol. The molecule has 0 N–H and O–H groups in total. The number of ketones is 1. The van der Waals surface area contributed by atoms with Gasteiger partial charge in [0, 0.05) is 5.57 Å². The number of rotatable bonds is 2. The number of hydrogen-bond donors (Lipinski definition) is 0. The van der Waals surface area contributed by atoms with Gasteiger partial charge in [0.2, 0.25) is 0 Å². The van der Waals surface area contributed by atoms with Crippen molar-refractivity contribution in [2.24, 2.45) is 0 Å². The average Bonchev–Trinajstić information content (AvgIpc) is 3.11. The summed E-state index contributed by atoms with van der Waals surface area (Å²) in [7, 11) is 0. The lowest BCUT2D eigenvalue weighted by molar-refractivity contribution is 0.0963. The Kier molecular flexibility index (Phi) is 3.56. The number of Topliss-reactive ketones (excluding diaryl/α,β-unsaturated/α-hetero) is 1. The molecule has 0 bridgehead atoms. The van der Waals surface area contributed by atoms with Crippen LogP contribution in [-0.2, 0) is 0 Å². The molecule has 1 aliphatic rings. The molecule has 3 heteroatoms. The quantitative estimate of drug-likeness (QED) is 0.611. The summed E-state index contributed by atoms with van der Waals surface area (Å²) in [6.07, 6.45) is 1.56. The molecule has 1 aliphatic heterocycles. The van der Waals surface area contributed by atoms with Gasteiger partial charge >= 0.3 is 0 Å². The topological polar surface area (TPSA) is 26.3 Å². The van der Waals surface area contributed by atoms with Crippen LogP contribution in [0.5, 0.6) is 5.75 Å². The van der Waals surface area contributed by atoms with Gasteiger partial charge in [-0.05, 0) is 46.2 Å². The van der Waals surface area contributed by atoms with Crippen molar-refractivity contribution in [1.82, 2.24) is 0 Å². The van der Waals surface area contributed by atoms with Crippen LogP contribution in [0.4, 0.5) is 0 Å². The monoisotopic (exact) mass is 318 g/mol. The third kappa shape index (κ3) is 2.60. The van der Waals surface area contributed by atoms with E-state index >= 15 is 0 Å². The van der Waals surface area contributed by atoms with Crippen molar-refractivity contribution in [3.05, 3.63) is 93.7 Å². The second kappa shape index (κ2) is 5.86. The first kappa shape index (κ1) is 14.0. The van der Waals surface area contributed by atoms with E-state index in [4.69, 9.17) is 4.74 Å². The van der Waals surface area contributed by atoms with Gasteiger partial charge in [0.15, 0.2) is 11.9 Å². The van der Waals surface area contributed by atoms with Gasteiger partial charge in [-0.3, -0.25) is 4.79 Å². The van der Waals surface area contributed by atoms with Crippen molar-refractivity contribution >= 4 is 23.2 Å². The number of carbonyl (C=O) groups excluding carboxylic acids is 1. The van der Waals surface area contributed by atoms with Crippen molar-refractivity contribution in [2.75, 3.05) is 0 Å². The van der Waals surface area contributed by atoms with E-state index in [1.54, 1.807) is 11.3 Å². The number of benzene rings is 2. The summed E-state index contributed by atoms with van der Waals surface area (Å²) in [5.74, 6) is 0.681. The van der Waals surface area contributed by atoms with Crippen LogP contribution < -0.4 is 4.74 Å². The Morgan fingerprint density at radius 3 is 2.52 bits per heavy atom. The van der Waals surface area contributed by atoms with E-state index in [2.05, 4.69) is 0 Å². The number of fused-ring (bicyclic) bond motifs is 1. The molecule has 0 unspecified atom stereocenters. The molecule has 1 aromatic heterocycles. The summed E-state index contributed by atoms with van der Waals surface area (Å²) >= 11 is 1.62. The van der Waals surface area contributed by atoms with Gasteiger partial charge < -0.3 is 4.74 Å².